The molecule has 0 saturated carbocycles. The molecule has 2 nitrogen and oxygen atoms in total. The van der Waals surface area contributed by atoms with Gasteiger partial charge >= 0.3 is 0 Å². The smallest absolute Gasteiger partial charge is 0.111 e. The van der Waals surface area contributed by atoms with Crippen molar-refractivity contribution in [3.05, 3.63) is 63.9 Å². The highest BCUT2D eigenvalue weighted by Crippen LogP contribution is 2.23. The molecule has 1 N–H and O–H groups in total. The Morgan fingerprint density at radius 1 is 1.00 bits per heavy atom. The van der Waals surface area contributed by atoms with Gasteiger partial charge in [0, 0.05) is 6.42 Å². The summed E-state index contributed by atoms with van der Waals surface area (Å²) in [6.07, 6.45) is 0.714. The van der Waals surface area contributed by atoms with Crippen LogP contribution in [-0.2, 0) is 6.42 Å². The summed E-state index contributed by atoms with van der Waals surface area (Å²) in [6, 6.07) is 13.6. The van der Waals surface area contributed by atoms with E-state index in [1.807, 2.05) is 42.5 Å². The van der Waals surface area contributed by atoms with Crippen LogP contribution < -0.4 is 0 Å². The fourth-order valence-corrected chi connectivity index (χ4v) is 2.25. The van der Waals surface area contributed by atoms with E-state index in [2.05, 4.69) is 9.97 Å². The molecule has 0 amide bonds. The molecule has 0 aliphatic carbocycles. The lowest BCUT2D eigenvalue weighted by Crippen LogP contribution is -1.90. The molecule has 0 aliphatic rings. The summed E-state index contributed by atoms with van der Waals surface area (Å²) < 4.78 is 0. The van der Waals surface area contributed by atoms with E-state index >= 15 is 0 Å². The van der Waals surface area contributed by atoms with E-state index in [9.17, 15) is 0 Å². The van der Waals surface area contributed by atoms with Crippen LogP contribution in [0.15, 0.2) is 42.5 Å². The maximum absolute atomic E-state index is 6.00. The highest BCUT2D eigenvalue weighted by atomic mass is 35.5. The highest BCUT2D eigenvalue weighted by Gasteiger charge is 2.05. The molecule has 3 aromatic rings. The van der Waals surface area contributed by atoms with Crippen LogP contribution in [0.1, 0.15) is 11.4 Å². The lowest BCUT2D eigenvalue weighted by Gasteiger charge is -2.00. The molecule has 0 fully saturated rings. The minimum Gasteiger partial charge on any atom is -0.342 e. The summed E-state index contributed by atoms with van der Waals surface area (Å²) in [7, 11) is 0. The monoisotopic (exact) mass is 276 g/mol. The van der Waals surface area contributed by atoms with E-state index in [4.69, 9.17) is 23.2 Å². The normalized spacial score (nSPS) is 11.0. The van der Waals surface area contributed by atoms with E-state index in [-0.39, 0.29) is 0 Å². The molecule has 0 radical (unpaired) electrons. The largest absolute Gasteiger partial charge is 0.342 e. The maximum Gasteiger partial charge on any atom is 0.111 e. The zero-order chi connectivity index (χ0) is 12.5. The summed E-state index contributed by atoms with van der Waals surface area (Å²) in [5.74, 6) is 0.926. The first-order chi connectivity index (χ1) is 8.72. The number of para-hydroxylation sites is 2. The van der Waals surface area contributed by atoms with Gasteiger partial charge in [-0.1, -0.05) is 41.4 Å². The molecule has 0 unspecified atom stereocenters. The average molecular weight is 277 g/mol. The minimum atomic E-state index is 0.574. The number of nitrogens with one attached hydrogen (secondary N) is 1. The fraction of sp³-hybridized carbons (Fsp3) is 0.0714. The van der Waals surface area contributed by atoms with Gasteiger partial charge in [0.2, 0.25) is 0 Å². The van der Waals surface area contributed by atoms with Gasteiger partial charge in [0.05, 0.1) is 21.1 Å². The van der Waals surface area contributed by atoms with Gasteiger partial charge in [-0.15, -0.1) is 0 Å². The van der Waals surface area contributed by atoms with Gasteiger partial charge in [-0.25, -0.2) is 4.98 Å². The number of hydrogen-bond acceptors (Lipinski definition) is 1. The number of imidazole rings is 1. The van der Waals surface area contributed by atoms with Crippen LogP contribution in [-0.4, -0.2) is 9.97 Å². The summed E-state index contributed by atoms with van der Waals surface area (Å²) in [5.41, 5.74) is 3.11. The summed E-state index contributed by atoms with van der Waals surface area (Å²) in [5, 5.41) is 1.15. The Kier molecular flexibility index (Phi) is 2.98. The first kappa shape index (κ1) is 11.6. The minimum absolute atomic E-state index is 0.574. The second-order valence-electron chi connectivity index (χ2n) is 4.13. The lowest BCUT2D eigenvalue weighted by molar-refractivity contribution is 1.04. The highest BCUT2D eigenvalue weighted by molar-refractivity contribution is 6.42. The molecule has 2 aromatic carbocycles. The van der Waals surface area contributed by atoms with Gasteiger partial charge < -0.3 is 4.98 Å². The average Bonchev–Trinajstić information content (AvgIpc) is 2.76. The summed E-state index contributed by atoms with van der Waals surface area (Å²) in [4.78, 5) is 7.82. The zero-order valence-electron chi connectivity index (χ0n) is 9.45. The van der Waals surface area contributed by atoms with Gasteiger partial charge in [-0.3, -0.25) is 0 Å². The Balaban J connectivity index is 1.93. The Morgan fingerprint density at radius 3 is 2.61 bits per heavy atom. The predicted molar refractivity (Wildman–Crippen MR) is 75.4 cm³/mol. The van der Waals surface area contributed by atoms with Crippen LogP contribution in [0.25, 0.3) is 11.0 Å². The van der Waals surface area contributed by atoms with Crippen LogP contribution in [0, 0.1) is 0 Å². The summed E-state index contributed by atoms with van der Waals surface area (Å²) >= 11 is 11.9. The Bertz CT molecular complexity index is 671. The van der Waals surface area contributed by atoms with Crippen LogP contribution in [0.3, 0.4) is 0 Å². The number of aromatic nitrogens is 2. The number of H-pyrrole nitrogens is 1. The van der Waals surface area contributed by atoms with E-state index < -0.39 is 0 Å². The predicted octanol–water partition coefficient (Wildman–Crippen LogP) is 4.46. The van der Waals surface area contributed by atoms with Gasteiger partial charge in [0.15, 0.2) is 0 Å². The van der Waals surface area contributed by atoms with Crippen molar-refractivity contribution in [3.8, 4) is 0 Å². The molecule has 0 bridgehead atoms. The second kappa shape index (κ2) is 4.63. The number of benzene rings is 2. The molecule has 1 heterocycles. The zero-order valence-corrected chi connectivity index (χ0v) is 11.0. The van der Waals surface area contributed by atoms with Gasteiger partial charge in [-0.2, -0.15) is 0 Å². The van der Waals surface area contributed by atoms with Crippen molar-refractivity contribution in [2.75, 3.05) is 0 Å². The number of rotatable bonds is 2. The topological polar surface area (TPSA) is 28.7 Å². The molecule has 3 rings (SSSR count). The van der Waals surface area contributed by atoms with Crippen molar-refractivity contribution >= 4 is 34.2 Å². The fourth-order valence-electron chi connectivity index (χ4n) is 1.93. The SMILES string of the molecule is Clc1ccc(Cc2nc3ccccc3[nH]2)cc1Cl. The lowest BCUT2D eigenvalue weighted by atomic mass is 10.1. The maximum atomic E-state index is 6.00. The van der Waals surface area contributed by atoms with Gasteiger partial charge in [0.25, 0.3) is 0 Å². The molecule has 0 saturated heterocycles. The number of halogens is 2. The van der Waals surface area contributed by atoms with E-state index in [0.717, 1.165) is 22.4 Å². The molecule has 0 aliphatic heterocycles. The number of hydrogen-bond donors (Lipinski definition) is 1. The molecule has 0 atom stereocenters. The van der Waals surface area contributed by atoms with Gasteiger partial charge in [0.1, 0.15) is 5.82 Å². The molecular weight excluding hydrogens is 267 g/mol. The van der Waals surface area contributed by atoms with E-state index in [0.29, 0.717) is 16.5 Å². The van der Waals surface area contributed by atoms with Gasteiger partial charge in [-0.05, 0) is 29.8 Å². The third-order valence-corrected chi connectivity index (χ3v) is 3.53. The third kappa shape index (κ3) is 2.22. The first-order valence-electron chi connectivity index (χ1n) is 5.60. The Hall–Kier alpha value is -1.51. The Labute approximate surface area is 115 Å². The van der Waals surface area contributed by atoms with Crippen molar-refractivity contribution < 1.29 is 0 Å². The number of nitrogens with zero attached hydrogens (tertiary/aromatic N) is 1. The van der Waals surface area contributed by atoms with Crippen LogP contribution in [0.5, 0.6) is 0 Å². The van der Waals surface area contributed by atoms with Crippen molar-refractivity contribution in [2.45, 2.75) is 6.42 Å². The van der Waals surface area contributed by atoms with E-state index in [1.165, 1.54) is 0 Å². The van der Waals surface area contributed by atoms with E-state index in [1.54, 1.807) is 0 Å². The summed E-state index contributed by atoms with van der Waals surface area (Å²) in [6.45, 7) is 0. The first-order valence-corrected chi connectivity index (χ1v) is 6.35. The standard InChI is InChI=1S/C14H10Cl2N2/c15-10-6-5-9(7-11(10)16)8-14-17-12-3-1-2-4-13(12)18-14/h1-7H,8H2,(H,17,18). The molecule has 4 heteroatoms. The molecule has 0 spiro atoms. The van der Waals surface area contributed by atoms with Crippen LogP contribution >= 0.6 is 23.2 Å². The van der Waals surface area contributed by atoms with Crippen molar-refractivity contribution in [1.82, 2.24) is 9.97 Å². The van der Waals surface area contributed by atoms with Crippen LogP contribution in [0.2, 0.25) is 10.0 Å². The van der Waals surface area contributed by atoms with Crippen molar-refractivity contribution in [3.63, 3.8) is 0 Å². The van der Waals surface area contributed by atoms with Crippen molar-refractivity contribution in [1.29, 1.82) is 0 Å². The quantitative estimate of drug-likeness (QED) is 0.736. The molecule has 18 heavy (non-hydrogen) atoms. The Morgan fingerprint density at radius 2 is 1.83 bits per heavy atom. The second-order valence-corrected chi connectivity index (χ2v) is 4.94. The molecular formula is C14H10Cl2N2. The molecule has 1 aromatic heterocycles. The number of aromatic amines is 1. The number of fused-ring (bicyclic) bond motifs is 1. The third-order valence-electron chi connectivity index (χ3n) is 2.79. The molecule has 90 valence electrons. The van der Waals surface area contributed by atoms with Crippen molar-refractivity contribution in [2.24, 2.45) is 0 Å². The van der Waals surface area contributed by atoms with Crippen LogP contribution in [0.4, 0.5) is 0 Å².